The molecule has 0 aromatic rings. The summed E-state index contributed by atoms with van der Waals surface area (Å²) in [5.74, 6) is 0.775. The second kappa shape index (κ2) is 3.90. The lowest BCUT2D eigenvalue weighted by atomic mass is 10.2. The highest BCUT2D eigenvalue weighted by molar-refractivity contribution is 7.80. The molecule has 0 aliphatic rings. The van der Waals surface area contributed by atoms with Crippen LogP contribution in [0.15, 0.2) is 0 Å². The fourth-order valence-electron chi connectivity index (χ4n) is 0.655. The summed E-state index contributed by atoms with van der Waals surface area (Å²) in [6.07, 6.45) is 0. The topological polar surface area (TPSA) is 20.3 Å². The van der Waals surface area contributed by atoms with E-state index in [4.69, 9.17) is 0 Å². The van der Waals surface area contributed by atoms with E-state index in [1.165, 1.54) is 0 Å². The van der Waals surface area contributed by atoms with Crippen LogP contribution in [0, 0.1) is 0 Å². The fourth-order valence-corrected chi connectivity index (χ4v) is 1.24. The van der Waals surface area contributed by atoms with E-state index in [0.29, 0.717) is 5.75 Å². The van der Waals surface area contributed by atoms with E-state index in [-0.39, 0.29) is 11.8 Å². The van der Waals surface area contributed by atoms with Gasteiger partial charge in [-0.05, 0) is 21.0 Å². The predicted molar refractivity (Wildman–Crippen MR) is 42.0 cm³/mol. The Morgan fingerprint density at radius 2 is 2.11 bits per heavy atom. The van der Waals surface area contributed by atoms with Gasteiger partial charge < -0.3 is 0 Å². The van der Waals surface area contributed by atoms with Crippen molar-refractivity contribution in [1.29, 1.82) is 0 Å². The SMILES string of the molecule is CC(=O)[C@H](CS)N(C)C. The summed E-state index contributed by atoms with van der Waals surface area (Å²) in [6, 6.07) is -0.0201. The van der Waals surface area contributed by atoms with Gasteiger partial charge in [-0.2, -0.15) is 12.6 Å². The molecule has 9 heavy (non-hydrogen) atoms. The van der Waals surface area contributed by atoms with Crippen molar-refractivity contribution in [2.45, 2.75) is 13.0 Å². The monoisotopic (exact) mass is 147 g/mol. The second-order valence-electron chi connectivity index (χ2n) is 2.27. The molecule has 54 valence electrons. The van der Waals surface area contributed by atoms with Crippen molar-refractivity contribution in [3.8, 4) is 0 Å². The van der Waals surface area contributed by atoms with Gasteiger partial charge in [0.1, 0.15) is 5.78 Å². The van der Waals surface area contributed by atoms with Crippen LogP contribution in [0.5, 0.6) is 0 Å². The zero-order valence-electron chi connectivity index (χ0n) is 6.09. The fraction of sp³-hybridized carbons (Fsp3) is 0.833. The Bertz CT molecular complexity index is 103. The minimum Gasteiger partial charge on any atom is -0.299 e. The number of ketones is 1. The number of likely N-dealkylation sites (N-methyl/N-ethyl adjacent to an activating group) is 1. The van der Waals surface area contributed by atoms with Gasteiger partial charge in [0.05, 0.1) is 6.04 Å². The standard InChI is InChI=1S/C6H13NOS/c1-5(8)6(4-9)7(2)3/h6,9H,4H2,1-3H3/t6-/m0/s1. The number of hydrogen-bond acceptors (Lipinski definition) is 3. The van der Waals surface area contributed by atoms with Crippen LogP contribution in [-0.2, 0) is 4.79 Å². The third-order valence-electron chi connectivity index (χ3n) is 1.27. The van der Waals surface area contributed by atoms with Crippen molar-refractivity contribution in [1.82, 2.24) is 4.90 Å². The van der Waals surface area contributed by atoms with Crippen LogP contribution in [0.2, 0.25) is 0 Å². The molecule has 0 aliphatic carbocycles. The smallest absolute Gasteiger partial charge is 0.147 e. The number of carbonyl (C=O) groups excluding carboxylic acids is 1. The Hall–Kier alpha value is -0.0200. The van der Waals surface area contributed by atoms with Gasteiger partial charge in [-0.1, -0.05) is 0 Å². The van der Waals surface area contributed by atoms with Crippen LogP contribution in [-0.4, -0.2) is 36.6 Å². The molecular weight excluding hydrogens is 134 g/mol. The molecule has 1 atom stereocenters. The Labute approximate surface area is 61.6 Å². The van der Waals surface area contributed by atoms with E-state index < -0.39 is 0 Å². The zero-order valence-corrected chi connectivity index (χ0v) is 6.98. The van der Waals surface area contributed by atoms with E-state index in [2.05, 4.69) is 12.6 Å². The van der Waals surface area contributed by atoms with Crippen LogP contribution in [0.3, 0.4) is 0 Å². The lowest BCUT2D eigenvalue weighted by Crippen LogP contribution is -2.35. The number of thiol groups is 1. The Morgan fingerprint density at radius 3 is 2.11 bits per heavy atom. The highest BCUT2D eigenvalue weighted by Crippen LogP contribution is 1.96. The largest absolute Gasteiger partial charge is 0.299 e. The molecule has 0 amide bonds. The Kier molecular flexibility index (Phi) is 3.89. The van der Waals surface area contributed by atoms with Gasteiger partial charge >= 0.3 is 0 Å². The van der Waals surface area contributed by atoms with E-state index in [1.807, 2.05) is 19.0 Å². The molecular formula is C6H13NOS. The molecule has 0 fully saturated rings. The zero-order chi connectivity index (χ0) is 7.44. The first-order chi connectivity index (χ1) is 4.09. The van der Waals surface area contributed by atoms with Gasteiger partial charge in [0.2, 0.25) is 0 Å². The lowest BCUT2D eigenvalue weighted by molar-refractivity contribution is -0.120. The van der Waals surface area contributed by atoms with E-state index in [0.717, 1.165) is 0 Å². The molecule has 0 unspecified atom stereocenters. The maximum Gasteiger partial charge on any atom is 0.147 e. The van der Waals surface area contributed by atoms with Crippen molar-refractivity contribution in [2.75, 3.05) is 19.8 Å². The maximum atomic E-state index is 10.7. The minimum atomic E-state index is -0.0201. The third kappa shape index (κ3) is 2.87. The molecule has 0 saturated heterocycles. The molecule has 0 saturated carbocycles. The van der Waals surface area contributed by atoms with Crippen LogP contribution >= 0.6 is 12.6 Å². The molecule has 2 nitrogen and oxygen atoms in total. The van der Waals surface area contributed by atoms with Gasteiger partial charge in [0.25, 0.3) is 0 Å². The molecule has 0 bridgehead atoms. The van der Waals surface area contributed by atoms with E-state index in [1.54, 1.807) is 6.92 Å². The summed E-state index contributed by atoms with van der Waals surface area (Å²) >= 11 is 4.03. The molecule has 0 aliphatic heterocycles. The summed E-state index contributed by atoms with van der Waals surface area (Å²) in [4.78, 5) is 12.6. The predicted octanol–water partition coefficient (Wildman–Crippen LogP) is 0.435. The van der Waals surface area contributed by atoms with Crippen LogP contribution in [0.25, 0.3) is 0 Å². The van der Waals surface area contributed by atoms with Crippen molar-refractivity contribution in [3.05, 3.63) is 0 Å². The van der Waals surface area contributed by atoms with Gasteiger partial charge in [0.15, 0.2) is 0 Å². The summed E-state index contributed by atoms with van der Waals surface area (Å²) in [7, 11) is 3.75. The second-order valence-corrected chi connectivity index (χ2v) is 2.64. The number of rotatable bonds is 3. The minimum absolute atomic E-state index is 0.0201. The molecule has 0 heterocycles. The van der Waals surface area contributed by atoms with Crippen molar-refractivity contribution in [3.63, 3.8) is 0 Å². The first-order valence-electron chi connectivity index (χ1n) is 2.87. The lowest BCUT2D eigenvalue weighted by Gasteiger charge is -2.18. The first kappa shape index (κ1) is 8.98. The van der Waals surface area contributed by atoms with Crippen LogP contribution < -0.4 is 0 Å². The normalized spacial score (nSPS) is 13.9. The van der Waals surface area contributed by atoms with Gasteiger partial charge in [-0.15, -0.1) is 0 Å². The first-order valence-corrected chi connectivity index (χ1v) is 3.50. The van der Waals surface area contributed by atoms with Gasteiger partial charge in [0, 0.05) is 5.75 Å². The molecule has 0 N–H and O–H groups in total. The number of Topliss-reactive ketones (excluding diaryl/α,β-unsaturated/α-hetero) is 1. The summed E-state index contributed by atoms with van der Waals surface area (Å²) in [5, 5.41) is 0. The van der Waals surface area contributed by atoms with Gasteiger partial charge in [-0.3, -0.25) is 9.69 Å². The van der Waals surface area contributed by atoms with Gasteiger partial charge in [-0.25, -0.2) is 0 Å². The molecule has 0 radical (unpaired) electrons. The molecule has 0 rings (SSSR count). The average molecular weight is 147 g/mol. The number of carbonyl (C=O) groups is 1. The summed E-state index contributed by atoms with van der Waals surface area (Å²) < 4.78 is 0. The number of nitrogens with zero attached hydrogens (tertiary/aromatic N) is 1. The maximum absolute atomic E-state index is 10.7. The highest BCUT2D eigenvalue weighted by Gasteiger charge is 2.12. The van der Waals surface area contributed by atoms with E-state index >= 15 is 0 Å². The van der Waals surface area contributed by atoms with Crippen molar-refractivity contribution in [2.24, 2.45) is 0 Å². The van der Waals surface area contributed by atoms with Crippen molar-refractivity contribution >= 4 is 18.4 Å². The quantitative estimate of drug-likeness (QED) is 0.584. The average Bonchev–Trinajstić information content (AvgIpc) is 1.64. The molecule has 0 spiro atoms. The van der Waals surface area contributed by atoms with Crippen molar-refractivity contribution < 1.29 is 4.79 Å². The molecule has 0 aromatic carbocycles. The summed E-state index contributed by atoms with van der Waals surface area (Å²) in [5.41, 5.74) is 0. The Morgan fingerprint density at radius 1 is 1.67 bits per heavy atom. The highest BCUT2D eigenvalue weighted by atomic mass is 32.1. The third-order valence-corrected chi connectivity index (χ3v) is 1.61. The number of hydrogen-bond donors (Lipinski definition) is 1. The molecule has 0 aromatic heterocycles. The molecule has 3 heteroatoms. The van der Waals surface area contributed by atoms with E-state index in [9.17, 15) is 4.79 Å². The van der Waals surface area contributed by atoms with Crippen LogP contribution in [0.4, 0.5) is 0 Å². The van der Waals surface area contributed by atoms with Crippen LogP contribution in [0.1, 0.15) is 6.92 Å². The summed E-state index contributed by atoms with van der Waals surface area (Å²) in [6.45, 7) is 1.58. The Balaban J connectivity index is 3.83.